The molecular weight excluding hydrogens is 1020 g/mol. The minimum Gasteiger partial charge on any atom is -0.497 e. The molecule has 1 aliphatic rings. The number of ether oxygens (including phenoxy) is 1. The van der Waals surface area contributed by atoms with Gasteiger partial charge in [0.25, 0.3) is 11.4 Å². The van der Waals surface area contributed by atoms with Crippen LogP contribution in [0.1, 0.15) is 77.3 Å². The monoisotopic (exact) mass is 1090 g/mol. The van der Waals surface area contributed by atoms with Crippen LogP contribution in [0.5, 0.6) is 5.75 Å². The van der Waals surface area contributed by atoms with E-state index in [1.54, 1.807) is 26.0 Å². The quantitative estimate of drug-likeness (QED) is 0.00964. The number of carbonyl (C=O) groups excluding carboxylic acids is 8. The molecule has 1 unspecified atom stereocenters. The van der Waals surface area contributed by atoms with Gasteiger partial charge in [-0.3, -0.25) is 64.0 Å². The second-order valence-electron chi connectivity index (χ2n) is 19.4. The number of likely N-dealkylation sites (tertiary alicyclic amines) is 1. The van der Waals surface area contributed by atoms with Gasteiger partial charge >= 0.3 is 5.63 Å². The average Bonchev–Trinajstić information content (AvgIpc) is 3.90. The van der Waals surface area contributed by atoms with Crippen molar-refractivity contribution >= 4 is 75.6 Å². The molecule has 0 radical (unpaired) electrons. The molecule has 6 atom stereocenters. The third-order valence-electron chi connectivity index (χ3n) is 12.4. The molecule has 3 aromatic rings. The Kier molecular flexibility index (Phi) is 22.9. The first-order chi connectivity index (χ1) is 36.8. The molecular formula is C49H68N14O15. The van der Waals surface area contributed by atoms with Crippen molar-refractivity contribution in [3.8, 4) is 5.75 Å². The van der Waals surface area contributed by atoms with Crippen LogP contribution in [0.2, 0.25) is 0 Å². The van der Waals surface area contributed by atoms with E-state index in [0.29, 0.717) is 35.6 Å². The van der Waals surface area contributed by atoms with Crippen molar-refractivity contribution in [2.75, 3.05) is 33.3 Å². The molecule has 14 N–H and O–H groups in total. The third-order valence-corrected chi connectivity index (χ3v) is 12.4. The fraction of sp³-hybridized carbons (Fsp3) is 0.510. The first kappa shape index (κ1) is 61.8. The highest BCUT2D eigenvalue weighted by Crippen LogP contribution is 2.27. The summed E-state index contributed by atoms with van der Waals surface area (Å²) in [6.45, 7) is 6.32. The van der Waals surface area contributed by atoms with Crippen LogP contribution in [0, 0.1) is 37.5 Å². The van der Waals surface area contributed by atoms with Gasteiger partial charge in [0, 0.05) is 55.2 Å². The van der Waals surface area contributed by atoms with E-state index in [9.17, 15) is 63.4 Å². The minimum atomic E-state index is -1.71. The van der Waals surface area contributed by atoms with Gasteiger partial charge in [-0.15, -0.1) is 0 Å². The smallest absolute Gasteiger partial charge is 0.336 e. The normalized spacial score (nSPS) is 15.0. The van der Waals surface area contributed by atoms with Gasteiger partial charge in [-0.05, 0) is 74.1 Å². The zero-order valence-corrected chi connectivity index (χ0v) is 43.8. The standard InChI is InChI=1S/C49H68N14O15/c1-25(2)16-34(45(69)55-23-32(50)44(68)59-36(18-27-10-11-29(62(73)74)21-38(27)63(75)76)47(71)58-33(43(51)67)8-6-14-54-49(52)53)57-40(64)24-56-46(70)35(17-26(3)4)60-48(72)37-9-7-15-61(37)41(65)19-28-20-42(66)78-39-22-30(77-5)12-13-31(28)39/h10-13,20-22,25-26,32-37H,6-9,14-19,23-24,50H2,1-5H3,(H2,51,67)(H,55,69)(H,56,70)(H,57,64)(H,58,71)(H,59,68)(H,60,72)(H4,52,53,54)/t32?,33-,34-,35-,36-,37-/m0/s1. The fourth-order valence-electron chi connectivity index (χ4n) is 8.53. The summed E-state index contributed by atoms with van der Waals surface area (Å²) in [7, 11) is 1.46. The second-order valence-corrected chi connectivity index (χ2v) is 19.4. The summed E-state index contributed by atoms with van der Waals surface area (Å²) in [6.07, 6.45) is 0.281. The Hall–Kier alpha value is -8.76. The Bertz CT molecular complexity index is 2800. The molecule has 2 heterocycles. The van der Waals surface area contributed by atoms with E-state index in [4.69, 9.17) is 31.8 Å². The van der Waals surface area contributed by atoms with Crippen LogP contribution in [0.4, 0.5) is 11.4 Å². The molecule has 0 saturated carbocycles. The molecule has 1 saturated heterocycles. The SMILES string of the molecule is COc1ccc2c(CC(=O)N3CCC[C@H]3C(=O)N[C@@H](CC(C)C)C(=O)NCC(=O)N[C@@H](CC(C)C)C(=O)NCC(N)C(=O)N[C@@H](Cc3ccc([N+](=O)[O-])cc3[N+](=O)[O-])C(=O)N[C@@H](CCCNC(=N)N)C(N)=O)cc(=O)oc2c1. The number of carbonyl (C=O) groups is 8. The largest absolute Gasteiger partial charge is 0.497 e. The Morgan fingerprint density at radius 3 is 2.06 bits per heavy atom. The molecule has 4 rings (SSSR count). The summed E-state index contributed by atoms with van der Waals surface area (Å²) in [5.41, 5.74) is 15.3. The lowest BCUT2D eigenvalue weighted by Gasteiger charge is -2.27. The molecule has 78 heavy (non-hydrogen) atoms. The number of non-ortho nitro benzene ring substituents is 1. The van der Waals surface area contributed by atoms with Crippen molar-refractivity contribution in [2.45, 2.75) is 115 Å². The molecule has 0 spiro atoms. The number of nitrogens with one attached hydrogen (secondary N) is 8. The number of hydrogen-bond acceptors (Lipinski definition) is 17. The van der Waals surface area contributed by atoms with Gasteiger partial charge in [0.05, 0.1) is 36.0 Å². The number of primary amides is 1. The summed E-state index contributed by atoms with van der Waals surface area (Å²) < 4.78 is 10.5. The van der Waals surface area contributed by atoms with E-state index >= 15 is 0 Å². The van der Waals surface area contributed by atoms with Gasteiger partial charge in [-0.1, -0.05) is 27.7 Å². The lowest BCUT2D eigenvalue weighted by Crippen LogP contribution is -2.58. The number of nitrogens with zero attached hydrogens (tertiary/aromatic N) is 3. The number of methoxy groups -OCH3 is 1. The summed E-state index contributed by atoms with van der Waals surface area (Å²) in [6, 6.07) is 0.760. The van der Waals surface area contributed by atoms with Crippen LogP contribution in [-0.4, -0.2) is 138 Å². The number of nitro benzene ring substituents is 2. The Morgan fingerprint density at radius 1 is 0.795 bits per heavy atom. The maximum absolute atomic E-state index is 13.8. The second kappa shape index (κ2) is 28.9. The van der Waals surface area contributed by atoms with E-state index in [-0.39, 0.29) is 74.1 Å². The van der Waals surface area contributed by atoms with Crippen molar-refractivity contribution < 1.29 is 57.4 Å². The van der Waals surface area contributed by atoms with Crippen molar-refractivity contribution in [3.63, 3.8) is 0 Å². The van der Waals surface area contributed by atoms with Crippen LogP contribution in [0.15, 0.2) is 51.7 Å². The molecule has 8 amide bonds. The zero-order valence-electron chi connectivity index (χ0n) is 43.8. The first-order valence-electron chi connectivity index (χ1n) is 25.0. The molecule has 1 aliphatic heterocycles. The number of nitrogens with two attached hydrogens (primary N) is 3. The number of nitro groups is 2. The van der Waals surface area contributed by atoms with Crippen LogP contribution in [0.25, 0.3) is 11.0 Å². The van der Waals surface area contributed by atoms with E-state index in [2.05, 4.69) is 37.2 Å². The van der Waals surface area contributed by atoms with E-state index < -0.39 is 130 Å². The Labute approximate surface area is 447 Å². The number of hydrogen-bond donors (Lipinski definition) is 11. The number of fused-ring (bicyclic) bond motifs is 1. The highest BCUT2D eigenvalue weighted by atomic mass is 16.6. The fourth-order valence-corrected chi connectivity index (χ4v) is 8.53. The predicted molar refractivity (Wildman–Crippen MR) is 280 cm³/mol. The number of rotatable bonds is 29. The van der Waals surface area contributed by atoms with Gasteiger partial charge in [0.15, 0.2) is 5.96 Å². The van der Waals surface area contributed by atoms with Crippen molar-refractivity contribution in [1.82, 2.24) is 42.1 Å². The highest BCUT2D eigenvalue weighted by molar-refractivity contribution is 5.96. The van der Waals surface area contributed by atoms with Gasteiger partial charge in [-0.2, -0.15) is 0 Å². The summed E-state index contributed by atoms with van der Waals surface area (Å²) in [5.74, 6) is -6.65. The van der Waals surface area contributed by atoms with Crippen molar-refractivity contribution in [1.29, 1.82) is 5.41 Å². The molecule has 2 aromatic carbocycles. The van der Waals surface area contributed by atoms with Crippen molar-refractivity contribution in [2.24, 2.45) is 29.0 Å². The maximum atomic E-state index is 13.8. The van der Waals surface area contributed by atoms with Gasteiger partial charge in [0.2, 0.25) is 47.3 Å². The number of amides is 8. The predicted octanol–water partition coefficient (Wildman–Crippen LogP) is -1.27. The first-order valence-corrected chi connectivity index (χ1v) is 25.0. The Balaban J connectivity index is 1.39. The minimum absolute atomic E-state index is 0.0658. The van der Waals surface area contributed by atoms with Crippen LogP contribution in [-0.2, 0) is 51.2 Å². The third kappa shape index (κ3) is 18.5. The lowest BCUT2D eigenvalue weighted by molar-refractivity contribution is -0.394. The van der Waals surface area contributed by atoms with E-state index in [1.165, 1.54) is 24.1 Å². The zero-order chi connectivity index (χ0) is 58.0. The van der Waals surface area contributed by atoms with Crippen LogP contribution < -0.4 is 64.8 Å². The molecule has 29 nitrogen and oxygen atoms in total. The van der Waals surface area contributed by atoms with Crippen LogP contribution in [0.3, 0.4) is 0 Å². The van der Waals surface area contributed by atoms with Gasteiger partial charge in [0.1, 0.15) is 47.6 Å². The van der Waals surface area contributed by atoms with E-state index in [0.717, 1.165) is 12.1 Å². The summed E-state index contributed by atoms with van der Waals surface area (Å²) >= 11 is 0. The molecule has 1 aromatic heterocycles. The van der Waals surface area contributed by atoms with E-state index in [1.807, 2.05) is 13.8 Å². The molecule has 424 valence electrons. The molecule has 0 aliphatic carbocycles. The van der Waals surface area contributed by atoms with Gasteiger partial charge < -0.3 is 68.5 Å². The summed E-state index contributed by atoms with van der Waals surface area (Å²) in [5, 5.41) is 48.7. The highest BCUT2D eigenvalue weighted by Gasteiger charge is 2.37. The van der Waals surface area contributed by atoms with Gasteiger partial charge in [-0.25, -0.2) is 4.79 Å². The van der Waals surface area contributed by atoms with Crippen LogP contribution >= 0.6 is 0 Å². The number of guanidine groups is 1. The average molecular weight is 1090 g/mol. The lowest BCUT2D eigenvalue weighted by atomic mass is 10.0. The molecule has 0 bridgehead atoms. The summed E-state index contributed by atoms with van der Waals surface area (Å²) in [4.78, 5) is 143. The Morgan fingerprint density at radius 2 is 1.45 bits per heavy atom. The topological polar surface area (TPSA) is 452 Å². The molecule has 1 fully saturated rings. The molecule has 29 heteroatoms. The van der Waals surface area contributed by atoms with Crippen molar-refractivity contribution in [3.05, 3.63) is 84.2 Å². The number of benzene rings is 2. The maximum Gasteiger partial charge on any atom is 0.336 e.